The molecule has 0 bridgehead atoms. The van der Waals surface area contributed by atoms with Crippen LogP contribution in [0.25, 0.3) is 0 Å². The Kier molecular flexibility index (Phi) is 5.02. The predicted molar refractivity (Wildman–Crippen MR) is 92.4 cm³/mol. The first-order valence-electron chi connectivity index (χ1n) is 8.09. The number of allylic oxidation sites excluding steroid dienone is 1. The number of hydrogen-bond acceptors (Lipinski definition) is 8. The van der Waals surface area contributed by atoms with E-state index in [-0.39, 0.29) is 36.7 Å². The van der Waals surface area contributed by atoms with Crippen molar-refractivity contribution in [2.45, 2.75) is 19.3 Å². The molecule has 3 rings (SSSR count). The van der Waals surface area contributed by atoms with Gasteiger partial charge in [0.1, 0.15) is 12.3 Å². The number of carboxylic acid groups (broad SMARTS) is 1. The zero-order chi connectivity index (χ0) is 18.8. The topological polar surface area (TPSA) is 149 Å². The van der Waals surface area contributed by atoms with Crippen molar-refractivity contribution in [3.63, 3.8) is 0 Å². The third-order valence-corrected chi connectivity index (χ3v) is 4.33. The van der Waals surface area contributed by atoms with E-state index < -0.39 is 19.0 Å². The summed E-state index contributed by atoms with van der Waals surface area (Å²) in [6.07, 6.45) is 0.258. The molecule has 0 radical (unpaired) electrons. The van der Waals surface area contributed by atoms with Gasteiger partial charge in [0.2, 0.25) is 5.91 Å². The number of rotatable bonds is 5. The molecule has 0 fully saturated rings. The van der Waals surface area contributed by atoms with E-state index in [0.29, 0.717) is 5.56 Å². The van der Waals surface area contributed by atoms with Crippen molar-refractivity contribution in [3.8, 4) is 5.75 Å². The van der Waals surface area contributed by atoms with Crippen LogP contribution < -0.4 is 26.7 Å². The summed E-state index contributed by atoms with van der Waals surface area (Å²) in [7, 11) is -1.34. The molecular formula is C15H20BN5O5. The average molecular weight is 361 g/mol. The van der Waals surface area contributed by atoms with Crippen LogP contribution in [0.5, 0.6) is 5.75 Å². The van der Waals surface area contributed by atoms with Gasteiger partial charge in [-0.1, -0.05) is 12.1 Å². The van der Waals surface area contributed by atoms with Crippen LogP contribution in [-0.4, -0.2) is 53.2 Å². The van der Waals surface area contributed by atoms with Crippen molar-refractivity contribution in [1.82, 2.24) is 21.3 Å². The molecule has 1 atom stereocenters. The molecule has 1 aromatic carbocycles. The van der Waals surface area contributed by atoms with Crippen molar-refractivity contribution in [2.24, 2.45) is 5.73 Å². The Labute approximate surface area is 150 Å². The first-order chi connectivity index (χ1) is 12.4. The van der Waals surface area contributed by atoms with Crippen LogP contribution in [0.4, 0.5) is 0 Å². The molecule has 2 heterocycles. The summed E-state index contributed by atoms with van der Waals surface area (Å²) in [6.45, 7) is 2.09. The van der Waals surface area contributed by atoms with E-state index in [1.54, 1.807) is 17.1 Å². The van der Waals surface area contributed by atoms with Crippen LogP contribution in [0.1, 0.15) is 22.8 Å². The second kappa shape index (κ2) is 7.24. The number of amides is 1. The number of fused-ring (bicyclic) bond motifs is 1. The average Bonchev–Trinajstić information content (AvgIpc) is 2.94. The minimum atomic E-state index is -1.34. The molecule has 1 aromatic rings. The van der Waals surface area contributed by atoms with E-state index in [2.05, 4.69) is 16.3 Å². The normalized spacial score (nSPS) is 19.0. The zero-order valence-corrected chi connectivity index (χ0v) is 14.2. The highest BCUT2D eigenvalue weighted by atomic mass is 16.5. The fourth-order valence-corrected chi connectivity index (χ4v) is 3.00. The fraction of sp³-hybridized carbons (Fsp3) is 0.333. The summed E-state index contributed by atoms with van der Waals surface area (Å²) < 4.78 is 5.36. The molecule has 10 nitrogen and oxygen atoms in total. The van der Waals surface area contributed by atoms with Crippen LogP contribution in [0.15, 0.2) is 29.6 Å². The number of nitrogens with two attached hydrogens (primary N) is 1. The molecule has 26 heavy (non-hydrogen) atoms. The molecular weight excluding hydrogens is 341 g/mol. The molecule has 138 valence electrons. The lowest BCUT2D eigenvalue weighted by atomic mass is 9.72. The van der Waals surface area contributed by atoms with Crippen LogP contribution in [0.2, 0.25) is 0 Å². The Morgan fingerprint density at radius 3 is 2.96 bits per heavy atom. The Balaban J connectivity index is 1.67. The third-order valence-electron chi connectivity index (χ3n) is 4.33. The largest absolute Gasteiger partial charge is 0.547 e. The van der Waals surface area contributed by atoms with Gasteiger partial charge in [-0.05, 0) is 25.0 Å². The summed E-state index contributed by atoms with van der Waals surface area (Å²) in [5, 5.41) is 23.7. The molecule has 2 aliphatic heterocycles. The van der Waals surface area contributed by atoms with Gasteiger partial charge >= 0.3 is 13.1 Å². The third kappa shape index (κ3) is 3.45. The van der Waals surface area contributed by atoms with Crippen molar-refractivity contribution < 1.29 is 24.4 Å². The Morgan fingerprint density at radius 2 is 2.27 bits per heavy atom. The van der Waals surface area contributed by atoms with Crippen LogP contribution in [-0.2, 0) is 11.2 Å². The fourth-order valence-electron chi connectivity index (χ4n) is 3.00. The van der Waals surface area contributed by atoms with Crippen LogP contribution >= 0.6 is 0 Å². The monoisotopic (exact) mass is 361 g/mol. The molecule has 0 unspecified atom stereocenters. The lowest BCUT2D eigenvalue weighted by Crippen LogP contribution is -2.55. The number of nitrogens with one attached hydrogen (secondary N) is 3. The number of carbonyl (C=O) groups is 2. The van der Waals surface area contributed by atoms with Gasteiger partial charge in [0.25, 0.3) is 0 Å². The van der Waals surface area contributed by atoms with Gasteiger partial charge in [-0.15, -0.1) is 5.53 Å². The molecule has 11 heteroatoms. The summed E-state index contributed by atoms with van der Waals surface area (Å²) >= 11 is 0. The number of aromatic carboxylic acids is 1. The summed E-state index contributed by atoms with van der Waals surface area (Å²) in [6, 6.07) is 4.71. The van der Waals surface area contributed by atoms with E-state index >= 15 is 0 Å². The van der Waals surface area contributed by atoms with Crippen molar-refractivity contribution in [2.75, 3.05) is 13.1 Å². The van der Waals surface area contributed by atoms with E-state index in [1.165, 1.54) is 6.07 Å². The van der Waals surface area contributed by atoms with E-state index in [1.807, 2.05) is 6.92 Å². The Hall–Kier alpha value is -2.76. The van der Waals surface area contributed by atoms with Gasteiger partial charge < -0.3 is 31.3 Å². The first kappa shape index (κ1) is 18.0. The summed E-state index contributed by atoms with van der Waals surface area (Å²) in [4.78, 5) is 23.6. The second-order valence-corrected chi connectivity index (χ2v) is 6.08. The Morgan fingerprint density at radius 1 is 1.50 bits per heavy atom. The Bertz CT molecular complexity index is 771. The van der Waals surface area contributed by atoms with Gasteiger partial charge in [0, 0.05) is 12.2 Å². The van der Waals surface area contributed by atoms with Gasteiger partial charge in [0.15, 0.2) is 0 Å². The maximum absolute atomic E-state index is 12.3. The molecule has 0 aromatic heterocycles. The number of benzene rings is 1. The highest BCUT2D eigenvalue weighted by Gasteiger charge is 2.38. The molecule has 7 N–H and O–H groups in total. The van der Waals surface area contributed by atoms with Gasteiger partial charge in [-0.25, -0.2) is 4.79 Å². The molecule has 1 amide bonds. The van der Waals surface area contributed by atoms with E-state index in [0.717, 1.165) is 11.4 Å². The minimum absolute atomic E-state index is 0.0118. The van der Waals surface area contributed by atoms with Gasteiger partial charge in [-0.2, -0.15) is 0 Å². The van der Waals surface area contributed by atoms with Crippen molar-refractivity contribution in [3.05, 3.63) is 40.7 Å². The van der Waals surface area contributed by atoms with Crippen LogP contribution in [0.3, 0.4) is 0 Å². The number of hydrogen-bond donors (Lipinski definition) is 6. The minimum Gasteiger partial charge on any atom is -0.534 e. The number of carboxylic acids is 1. The lowest BCUT2D eigenvalue weighted by molar-refractivity contribution is -0.122. The number of hydrazine groups is 2. The van der Waals surface area contributed by atoms with Gasteiger partial charge in [-0.3, -0.25) is 9.80 Å². The molecule has 0 saturated heterocycles. The molecule has 2 aliphatic rings. The SMILES string of the molecule is CC1=C(CN)N(CC(=O)N[C@H]2Cc3cccc(C(=O)O)c3OB2O)NN1. The quantitative estimate of drug-likeness (QED) is 0.339. The lowest BCUT2D eigenvalue weighted by Gasteiger charge is -2.29. The molecule has 0 aliphatic carbocycles. The molecule has 0 spiro atoms. The number of nitrogens with zero attached hydrogens (tertiary/aromatic N) is 1. The number of para-hydroxylation sites is 1. The first-order valence-corrected chi connectivity index (χ1v) is 8.09. The van der Waals surface area contributed by atoms with E-state index in [4.69, 9.17) is 10.4 Å². The zero-order valence-electron chi connectivity index (χ0n) is 14.2. The highest BCUT2D eigenvalue weighted by molar-refractivity contribution is 6.47. The molecule has 0 saturated carbocycles. The van der Waals surface area contributed by atoms with Crippen molar-refractivity contribution in [1.29, 1.82) is 0 Å². The summed E-state index contributed by atoms with van der Waals surface area (Å²) in [5.41, 5.74) is 13.6. The summed E-state index contributed by atoms with van der Waals surface area (Å²) in [5.74, 6) is -2.04. The highest BCUT2D eigenvalue weighted by Crippen LogP contribution is 2.30. The standard InChI is InChI=1S/C15H20BN5O5/c1-8-11(6-17)21(20-19-8)7-13(22)18-12-5-9-3-2-4-10(15(23)24)14(9)26-16(12)25/h2-4,12,19-20,25H,5-7,17H2,1H3,(H,18,22)(H,23,24)/t12-/m0/s1. The van der Waals surface area contributed by atoms with Crippen LogP contribution in [0, 0.1) is 0 Å². The van der Waals surface area contributed by atoms with E-state index in [9.17, 15) is 19.7 Å². The second-order valence-electron chi connectivity index (χ2n) is 6.08. The number of carbonyl (C=O) groups excluding carboxylic acids is 1. The van der Waals surface area contributed by atoms with Gasteiger partial charge in [0.05, 0.1) is 17.2 Å². The maximum Gasteiger partial charge on any atom is 0.547 e. The smallest absolute Gasteiger partial charge is 0.534 e. The predicted octanol–water partition coefficient (Wildman–Crippen LogP) is -1.66. The van der Waals surface area contributed by atoms with Crippen molar-refractivity contribution >= 4 is 19.0 Å². The maximum atomic E-state index is 12.3.